The van der Waals surface area contributed by atoms with E-state index in [4.69, 9.17) is 15.2 Å². The van der Waals surface area contributed by atoms with Crippen LogP contribution in [0, 0.1) is 0 Å². The standard InChI is InChI=1S/C28H36N2O2.2ClH/c1-31-27-17-15-23(21-28(27)32-2)18-20-30-19-8-12-24-11-6-7-13-25(24)26(29)16-14-22-9-4-3-5-10-22;;/h3-7,9-11,13,15,17,21,26,30H,8,12,14,16,18-20,29H2,1-2H3;2*1H. The summed E-state index contributed by atoms with van der Waals surface area (Å²) in [7, 11) is 3.33. The van der Waals surface area contributed by atoms with E-state index in [2.05, 4.69) is 66.0 Å². The second-order valence-electron chi connectivity index (χ2n) is 8.12. The zero-order chi connectivity index (χ0) is 22.6. The van der Waals surface area contributed by atoms with Crippen LogP contribution in [0.25, 0.3) is 0 Å². The Morgan fingerprint density at radius 2 is 1.44 bits per heavy atom. The van der Waals surface area contributed by atoms with Crippen molar-refractivity contribution in [3.63, 3.8) is 0 Å². The number of halogens is 2. The molecule has 0 aliphatic heterocycles. The van der Waals surface area contributed by atoms with Crippen LogP contribution in [0.2, 0.25) is 0 Å². The lowest BCUT2D eigenvalue weighted by Crippen LogP contribution is -2.19. The van der Waals surface area contributed by atoms with E-state index in [-0.39, 0.29) is 30.9 Å². The molecule has 0 radical (unpaired) electrons. The number of benzene rings is 3. The van der Waals surface area contributed by atoms with E-state index < -0.39 is 0 Å². The smallest absolute Gasteiger partial charge is 0.160 e. The number of hydrogen-bond acceptors (Lipinski definition) is 4. The molecule has 3 aromatic carbocycles. The number of rotatable bonds is 13. The fourth-order valence-electron chi connectivity index (χ4n) is 4.04. The van der Waals surface area contributed by atoms with Gasteiger partial charge in [-0.25, -0.2) is 0 Å². The molecule has 0 aliphatic rings. The zero-order valence-electron chi connectivity index (χ0n) is 20.2. The lowest BCUT2D eigenvalue weighted by atomic mass is 9.93. The van der Waals surface area contributed by atoms with E-state index in [1.54, 1.807) is 14.2 Å². The van der Waals surface area contributed by atoms with Crippen molar-refractivity contribution < 1.29 is 9.47 Å². The summed E-state index contributed by atoms with van der Waals surface area (Å²) in [5.74, 6) is 1.55. The summed E-state index contributed by atoms with van der Waals surface area (Å²) in [5, 5.41) is 3.56. The Labute approximate surface area is 217 Å². The fourth-order valence-corrected chi connectivity index (χ4v) is 4.04. The molecule has 4 nitrogen and oxygen atoms in total. The Balaban J connectivity index is 0.00000289. The van der Waals surface area contributed by atoms with Crippen molar-refractivity contribution >= 4 is 24.8 Å². The number of ether oxygens (including phenoxy) is 2. The minimum atomic E-state index is 0. The topological polar surface area (TPSA) is 56.5 Å². The number of methoxy groups -OCH3 is 2. The van der Waals surface area contributed by atoms with Crippen LogP contribution in [0.5, 0.6) is 11.5 Å². The average molecular weight is 506 g/mol. The lowest BCUT2D eigenvalue weighted by Gasteiger charge is -2.17. The molecule has 3 N–H and O–H groups in total. The molecule has 0 spiro atoms. The molecule has 0 fully saturated rings. The molecule has 0 aromatic heterocycles. The summed E-state index contributed by atoms with van der Waals surface area (Å²) >= 11 is 0. The molecule has 0 heterocycles. The highest BCUT2D eigenvalue weighted by Gasteiger charge is 2.11. The molecule has 34 heavy (non-hydrogen) atoms. The maximum atomic E-state index is 6.57. The minimum absolute atomic E-state index is 0. The molecule has 6 heteroatoms. The van der Waals surface area contributed by atoms with Gasteiger partial charge in [0.05, 0.1) is 14.2 Å². The third kappa shape index (κ3) is 9.19. The number of hydrogen-bond donors (Lipinski definition) is 2. The van der Waals surface area contributed by atoms with E-state index in [9.17, 15) is 0 Å². The molecular weight excluding hydrogens is 467 g/mol. The Morgan fingerprint density at radius 3 is 2.18 bits per heavy atom. The second-order valence-corrected chi connectivity index (χ2v) is 8.12. The van der Waals surface area contributed by atoms with Crippen LogP contribution in [0.15, 0.2) is 72.8 Å². The summed E-state index contributed by atoms with van der Waals surface area (Å²) in [6.45, 7) is 1.93. The predicted octanol–water partition coefficient (Wildman–Crippen LogP) is 5.94. The molecule has 1 unspecified atom stereocenters. The fraction of sp³-hybridized carbons (Fsp3) is 0.357. The molecule has 0 amide bonds. The molecule has 0 aliphatic carbocycles. The Kier molecular flexibility index (Phi) is 14.4. The normalized spacial score (nSPS) is 11.1. The van der Waals surface area contributed by atoms with Gasteiger partial charge < -0.3 is 20.5 Å². The largest absolute Gasteiger partial charge is 0.493 e. The van der Waals surface area contributed by atoms with Gasteiger partial charge in [0.2, 0.25) is 0 Å². The van der Waals surface area contributed by atoms with E-state index in [0.717, 1.165) is 56.7 Å². The summed E-state index contributed by atoms with van der Waals surface area (Å²) < 4.78 is 10.7. The van der Waals surface area contributed by atoms with Gasteiger partial charge >= 0.3 is 0 Å². The highest BCUT2D eigenvalue weighted by molar-refractivity contribution is 5.85. The second kappa shape index (κ2) is 16.4. The van der Waals surface area contributed by atoms with Crippen molar-refractivity contribution in [1.29, 1.82) is 0 Å². The first-order chi connectivity index (χ1) is 15.7. The SMILES string of the molecule is COc1ccc(CCNCCCc2ccccc2C(N)CCc2ccccc2)cc1OC.Cl.Cl. The van der Waals surface area contributed by atoms with Crippen LogP contribution in [0.4, 0.5) is 0 Å². The van der Waals surface area contributed by atoms with Crippen LogP contribution in [-0.2, 0) is 19.3 Å². The average Bonchev–Trinajstić information content (AvgIpc) is 2.85. The van der Waals surface area contributed by atoms with Crippen LogP contribution in [0.3, 0.4) is 0 Å². The molecule has 3 rings (SSSR count). The first-order valence-corrected chi connectivity index (χ1v) is 11.5. The van der Waals surface area contributed by atoms with E-state index in [1.807, 2.05) is 12.1 Å². The quantitative estimate of drug-likeness (QED) is 0.282. The first-order valence-electron chi connectivity index (χ1n) is 11.5. The van der Waals surface area contributed by atoms with Gasteiger partial charge in [0.15, 0.2) is 11.5 Å². The molecule has 186 valence electrons. The molecule has 0 saturated heterocycles. The molecular formula is C28H38Cl2N2O2. The van der Waals surface area contributed by atoms with Gasteiger partial charge in [-0.15, -0.1) is 24.8 Å². The van der Waals surface area contributed by atoms with E-state index >= 15 is 0 Å². The monoisotopic (exact) mass is 504 g/mol. The summed E-state index contributed by atoms with van der Waals surface area (Å²) in [5.41, 5.74) is 11.8. The Bertz CT molecular complexity index is 954. The van der Waals surface area contributed by atoms with Gasteiger partial charge in [-0.2, -0.15) is 0 Å². The Hall–Kier alpha value is -2.24. The lowest BCUT2D eigenvalue weighted by molar-refractivity contribution is 0.354. The van der Waals surface area contributed by atoms with Crippen LogP contribution in [-0.4, -0.2) is 27.3 Å². The Morgan fingerprint density at radius 1 is 0.735 bits per heavy atom. The minimum Gasteiger partial charge on any atom is -0.493 e. The van der Waals surface area contributed by atoms with Gasteiger partial charge in [0, 0.05) is 6.04 Å². The van der Waals surface area contributed by atoms with Gasteiger partial charge in [-0.3, -0.25) is 0 Å². The number of nitrogens with one attached hydrogen (secondary N) is 1. The van der Waals surface area contributed by atoms with Gasteiger partial charge in [-0.1, -0.05) is 60.7 Å². The van der Waals surface area contributed by atoms with Crippen molar-refractivity contribution in [3.8, 4) is 11.5 Å². The van der Waals surface area contributed by atoms with Crippen LogP contribution >= 0.6 is 24.8 Å². The van der Waals surface area contributed by atoms with E-state index in [0.29, 0.717) is 0 Å². The van der Waals surface area contributed by atoms with Gasteiger partial charge in [0.25, 0.3) is 0 Å². The van der Waals surface area contributed by atoms with Crippen molar-refractivity contribution in [2.24, 2.45) is 5.73 Å². The van der Waals surface area contributed by atoms with Crippen molar-refractivity contribution in [1.82, 2.24) is 5.32 Å². The maximum absolute atomic E-state index is 6.57. The third-order valence-electron chi connectivity index (χ3n) is 5.88. The van der Waals surface area contributed by atoms with Crippen molar-refractivity contribution in [2.45, 2.75) is 38.1 Å². The van der Waals surface area contributed by atoms with Crippen LogP contribution < -0.4 is 20.5 Å². The van der Waals surface area contributed by atoms with Gasteiger partial charge in [0.1, 0.15) is 0 Å². The zero-order valence-corrected chi connectivity index (χ0v) is 21.8. The third-order valence-corrected chi connectivity index (χ3v) is 5.88. The molecule has 0 bridgehead atoms. The summed E-state index contributed by atoms with van der Waals surface area (Å²) in [6.07, 6.45) is 5.06. The van der Waals surface area contributed by atoms with Gasteiger partial charge in [-0.05, 0) is 79.6 Å². The number of nitrogens with two attached hydrogens (primary N) is 1. The number of aryl methyl sites for hydroxylation is 2. The molecule has 1 atom stereocenters. The summed E-state index contributed by atoms with van der Waals surface area (Å²) in [4.78, 5) is 0. The predicted molar refractivity (Wildman–Crippen MR) is 147 cm³/mol. The highest BCUT2D eigenvalue weighted by Crippen LogP contribution is 2.27. The maximum Gasteiger partial charge on any atom is 0.160 e. The van der Waals surface area contributed by atoms with E-state index in [1.165, 1.54) is 22.3 Å². The van der Waals surface area contributed by atoms with Crippen molar-refractivity contribution in [3.05, 3.63) is 95.1 Å². The van der Waals surface area contributed by atoms with Crippen molar-refractivity contribution in [2.75, 3.05) is 27.3 Å². The molecule has 0 saturated carbocycles. The molecule has 3 aromatic rings. The first kappa shape index (κ1) is 29.8. The summed E-state index contributed by atoms with van der Waals surface area (Å²) in [6, 6.07) is 25.4. The highest BCUT2D eigenvalue weighted by atomic mass is 35.5. The van der Waals surface area contributed by atoms with Crippen LogP contribution in [0.1, 0.15) is 41.1 Å².